The summed E-state index contributed by atoms with van der Waals surface area (Å²) in [5, 5.41) is 4.12. The van der Waals surface area contributed by atoms with Gasteiger partial charge in [-0.05, 0) is 76.7 Å². The average molecular weight is 443 g/mol. The Morgan fingerprint density at radius 1 is 1.23 bits per heavy atom. The van der Waals surface area contributed by atoms with E-state index >= 15 is 0 Å². The lowest BCUT2D eigenvalue weighted by molar-refractivity contribution is -0.115. The predicted molar refractivity (Wildman–Crippen MR) is 126 cm³/mol. The molecule has 1 fully saturated rings. The largest absolute Gasteiger partial charge is 0.324 e. The summed E-state index contributed by atoms with van der Waals surface area (Å²) in [5.41, 5.74) is 3.83. The first-order valence-electron chi connectivity index (χ1n) is 10.3. The molecule has 30 heavy (non-hydrogen) atoms. The van der Waals surface area contributed by atoms with Crippen LogP contribution in [-0.2, 0) is 4.79 Å². The summed E-state index contributed by atoms with van der Waals surface area (Å²) in [5.74, 6) is -0.0762. The van der Waals surface area contributed by atoms with Gasteiger partial charge in [0.05, 0.1) is 27.0 Å². The zero-order valence-electron chi connectivity index (χ0n) is 17.6. The molecule has 1 aromatic heterocycles. The fourth-order valence-corrected chi connectivity index (χ4v) is 5.16. The Morgan fingerprint density at radius 2 is 1.97 bits per heavy atom. The lowest BCUT2D eigenvalue weighted by Crippen LogP contribution is -2.32. The molecule has 1 unspecified atom stereocenters. The number of piperidine rings is 1. The van der Waals surface area contributed by atoms with E-state index in [1.165, 1.54) is 11.8 Å². The Kier molecular flexibility index (Phi) is 6.37. The van der Waals surface area contributed by atoms with Crippen molar-refractivity contribution in [2.75, 3.05) is 25.5 Å². The van der Waals surface area contributed by atoms with Crippen molar-refractivity contribution >= 4 is 46.0 Å². The summed E-state index contributed by atoms with van der Waals surface area (Å²) < 4.78 is 2.34. The van der Waals surface area contributed by atoms with Gasteiger partial charge in [-0.25, -0.2) is 4.98 Å². The lowest BCUT2D eigenvalue weighted by Gasteiger charge is -2.31. The monoisotopic (exact) mass is 442 g/mol. The van der Waals surface area contributed by atoms with Gasteiger partial charge in [0.1, 0.15) is 0 Å². The molecule has 1 aliphatic heterocycles. The third-order valence-corrected chi connectivity index (χ3v) is 7.03. The highest BCUT2D eigenvalue weighted by molar-refractivity contribution is 8.00. The van der Waals surface area contributed by atoms with Crippen LogP contribution >= 0.6 is 23.4 Å². The lowest BCUT2D eigenvalue weighted by atomic mass is 10.1. The number of hydrogen-bond acceptors (Lipinski definition) is 4. The number of para-hydroxylation sites is 2. The van der Waals surface area contributed by atoms with E-state index in [4.69, 9.17) is 16.6 Å². The second kappa shape index (κ2) is 9.00. The van der Waals surface area contributed by atoms with Crippen LogP contribution in [0, 0.1) is 6.92 Å². The van der Waals surface area contributed by atoms with Crippen LogP contribution in [0.15, 0.2) is 47.6 Å². The second-order valence-corrected chi connectivity index (χ2v) is 9.74. The van der Waals surface area contributed by atoms with Crippen molar-refractivity contribution in [3.05, 3.63) is 53.1 Å². The standard InChI is InChI=1S/C23H27ClN4OS/c1-15-8-9-19(18(24)14-15)25-22(29)16(2)30-23-26-20-6-4-5-7-21(20)28(23)17-10-12-27(3)13-11-17/h4-9,14,16-17H,10-13H2,1-3H3,(H,25,29). The molecule has 1 aliphatic rings. The van der Waals surface area contributed by atoms with Crippen molar-refractivity contribution in [3.8, 4) is 0 Å². The van der Waals surface area contributed by atoms with Crippen LogP contribution < -0.4 is 5.32 Å². The Morgan fingerprint density at radius 3 is 2.70 bits per heavy atom. The number of hydrogen-bond donors (Lipinski definition) is 1. The number of nitrogens with zero attached hydrogens (tertiary/aromatic N) is 3. The Hall–Kier alpha value is -2.02. The number of likely N-dealkylation sites (tertiary alicyclic amines) is 1. The SMILES string of the molecule is Cc1ccc(NC(=O)C(C)Sc2nc3ccccc3n2C2CCN(C)CC2)c(Cl)c1. The molecule has 0 spiro atoms. The number of anilines is 1. The van der Waals surface area contributed by atoms with Crippen LogP contribution in [-0.4, -0.2) is 45.7 Å². The van der Waals surface area contributed by atoms with Gasteiger partial charge in [-0.1, -0.05) is 41.6 Å². The number of halogens is 1. The number of carbonyl (C=O) groups excluding carboxylic acids is 1. The highest BCUT2D eigenvalue weighted by atomic mass is 35.5. The number of amides is 1. The van der Waals surface area contributed by atoms with E-state index in [-0.39, 0.29) is 11.2 Å². The number of benzene rings is 2. The molecule has 0 aliphatic carbocycles. The second-order valence-electron chi connectivity index (χ2n) is 8.02. The van der Waals surface area contributed by atoms with E-state index in [2.05, 4.69) is 34.0 Å². The summed E-state index contributed by atoms with van der Waals surface area (Å²) in [4.78, 5) is 20.1. The first-order valence-corrected chi connectivity index (χ1v) is 11.6. The third-order valence-electron chi connectivity index (χ3n) is 5.65. The minimum absolute atomic E-state index is 0.0762. The number of nitrogens with one attached hydrogen (secondary N) is 1. The molecule has 2 aromatic carbocycles. The van der Waals surface area contributed by atoms with Crippen molar-refractivity contribution in [3.63, 3.8) is 0 Å². The molecule has 1 N–H and O–H groups in total. The fourth-order valence-electron chi connectivity index (χ4n) is 3.88. The zero-order valence-corrected chi connectivity index (χ0v) is 19.1. The van der Waals surface area contributed by atoms with Crippen LogP contribution in [0.3, 0.4) is 0 Å². The van der Waals surface area contributed by atoms with Crippen LogP contribution in [0.5, 0.6) is 0 Å². The maximum atomic E-state index is 12.9. The summed E-state index contributed by atoms with van der Waals surface area (Å²) in [7, 11) is 2.17. The number of rotatable bonds is 5. The molecule has 7 heteroatoms. The van der Waals surface area contributed by atoms with Gasteiger partial charge in [0, 0.05) is 6.04 Å². The molecule has 5 nitrogen and oxygen atoms in total. The summed E-state index contributed by atoms with van der Waals surface area (Å²) in [6, 6.07) is 14.3. The van der Waals surface area contributed by atoms with Gasteiger partial charge >= 0.3 is 0 Å². The minimum Gasteiger partial charge on any atom is -0.324 e. The topological polar surface area (TPSA) is 50.2 Å². The van der Waals surface area contributed by atoms with Crippen molar-refractivity contribution in [1.82, 2.24) is 14.5 Å². The number of carbonyl (C=O) groups is 1. The van der Waals surface area contributed by atoms with Gasteiger partial charge in [-0.3, -0.25) is 4.79 Å². The van der Waals surface area contributed by atoms with Gasteiger partial charge in [0.2, 0.25) is 5.91 Å². The number of imidazole rings is 1. The smallest absolute Gasteiger partial charge is 0.237 e. The number of fused-ring (bicyclic) bond motifs is 1. The first-order chi connectivity index (χ1) is 14.4. The quantitative estimate of drug-likeness (QED) is 0.538. The van der Waals surface area contributed by atoms with E-state index in [1.807, 2.05) is 44.2 Å². The van der Waals surface area contributed by atoms with Crippen molar-refractivity contribution < 1.29 is 4.79 Å². The Labute approximate surface area is 186 Å². The van der Waals surface area contributed by atoms with Gasteiger partial charge < -0.3 is 14.8 Å². The van der Waals surface area contributed by atoms with Crippen LogP contribution in [0.1, 0.15) is 31.4 Å². The van der Waals surface area contributed by atoms with E-state index in [0.29, 0.717) is 16.8 Å². The molecule has 1 amide bonds. The van der Waals surface area contributed by atoms with E-state index in [0.717, 1.165) is 47.7 Å². The molecule has 0 radical (unpaired) electrons. The van der Waals surface area contributed by atoms with Crippen LogP contribution in [0.4, 0.5) is 5.69 Å². The maximum Gasteiger partial charge on any atom is 0.237 e. The van der Waals surface area contributed by atoms with E-state index in [9.17, 15) is 4.79 Å². The third kappa shape index (κ3) is 4.51. The van der Waals surface area contributed by atoms with Crippen molar-refractivity contribution in [2.45, 2.75) is 43.1 Å². The minimum atomic E-state index is -0.302. The number of thioether (sulfide) groups is 1. The highest BCUT2D eigenvalue weighted by Crippen LogP contribution is 2.34. The molecule has 0 bridgehead atoms. The average Bonchev–Trinajstić information content (AvgIpc) is 3.08. The first kappa shape index (κ1) is 21.2. The molecule has 1 saturated heterocycles. The van der Waals surface area contributed by atoms with Gasteiger partial charge in [0.15, 0.2) is 5.16 Å². The number of aromatic nitrogens is 2. The molecule has 1 atom stereocenters. The molecule has 158 valence electrons. The predicted octanol–water partition coefficient (Wildman–Crippen LogP) is 5.38. The van der Waals surface area contributed by atoms with Crippen molar-refractivity contribution in [2.24, 2.45) is 0 Å². The Bertz CT molecular complexity index is 1060. The number of aryl methyl sites for hydroxylation is 1. The Balaban J connectivity index is 1.56. The molecule has 4 rings (SSSR count). The fraction of sp³-hybridized carbons (Fsp3) is 0.391. The van der Waals surface area contributed by atoms with Gasteiger partial charge in [-0.15, -0.1) is 0 Å². The summed E-state index contributed by atoms with van der Waals surface area (Å²) in [6.45, 7) is 6.04. The van der Waals surface area contributed by atoms with E-state index < -0.39 is 0 Å². The molecular weight excluding hydrogens is 416 g/mol. The van der Waals surface area contributed by atoms with Gasteiger partial charge in [-0.2, -0.15) is 0 Å². The van der Waals surface area contributed by atoms with Crippen LogP contribution in [0.25, 0.3) is 11.0 Å². The van der Waals surface area contributed by atoms with Crippen LogP contribution in [0.2, 0.25) is 5.02 Å². The molecule has 3 aromatic rings. The highest BCUT2D eigenvalue weighted by Gasteiger charge is 2.26. The summed E-state index contributed by atoms with van der Waals surface area (Å²) >= 11 is 7.80. The maximum absolute atomic E-state index is 12.9. The molecule has 2 heterocycles. The molecular formula is C23H27ClN4OS. The van der Waals surface area contributed by atoms with E-state index in [1.54, 1.807) is 0 Å². The molecule has 0 saturated carbocycles. The zero-order chi connectivity index (χ0) is 21.3. The normalized spacial score (nSPS) is 16.7. The van der Waals surface area contributed by atoms with Crippen molar-refractivity contribution in [1.29, 1.82) is 0 Å². The van der Waals surface area contributed by atoms with Gasteiger partial charge in [0.25, 0.3) is 0 Å². The summed E-state index contributed by atoms with van der Waals surface area (Å²) in [6.07, 6.45) is 2.17.